The fraction of sp³-hybridized carbons (Fsp3) is 0.733. The van der Waals surface area contributed by atoms with Crippen LogP contribution in [0.2, 0.25) is 0 Å². The fourth-order valence-electron chi connectivity index (χ4n) is 3.08. The zero-order valence-corrected chi connectivity index (χ0v) is 12.8. The van der Waals surface area contributed by atoms with E-state index in [0.29, 0.717) is 11.7 Å². The molecule has 2 heterocycles. The Bertz CT molecular complexity index is 497. The molecule has 2 fully saturated rings. The molecule has 1 aliphatic carbocycles. The summed E-state index contributed by atoms with van der Waals surface area (Å²) in [5.41, 5.74) is 7.09. The van der Waals surface area contributed by atoms with Crippen LogP contribution in [0.5, 0.6) is 0 Å². The zero-order valence-electron chi connectivity index (χ0n) is 12.8. The van der Waals surface area contributed by atoms with Crippen LogP contribution in [0.1, 0.15) is 36.6 Å². The third-order valence-electron chi connectivity index (χ3n) is 4.50. The van der Waals surface area contributed by atoms with E-state index in [1.54, 1.807) is 0 Å². The number of nitrogens with two attached hydrogens (primary N) is 1. The maximum absolute atomic E-state index is 6.07. The van der Waals surface area contributed by atoms with Gasteiger partial charge in [0.2, 0.25) is 0 Å². The molecule has 3 rings (SSSR count). The maximum atomic E-state index is 6.07. The van der Waals surface area contributed by atoms with Crippen molar-refractivity contribution in [2.75, 3.05) is 44.4 Å². The van der Waals surface area contributed by atoms with Gasteiger partial charge in [-0.25, -0.2) is 9.97 Å². The molecule has 0 spiro atoms. The molecule has 5 nitrogen and oxygen atoms in total. The Labute approximate surface area is 121 Å². The first kappa shape index (κ1) is 13.6. The van der Waals surface area contributed by atoms with Crippen LogP contribution in [-0.2, 0) is 0 Å². The van der Waals surface area contributed by atoms with Crippen LogP contribution in [0, 0.1) is 12.8 Å². The molecule has 2 aliphatic rings. The minimum Gasteiger partial charge on any atom is -0.383 e. The number of nitrogen functional groups attached to an aromatic ring is 1. The van der Waals surface area contributed by atoms with E-state index in [2.05, 4.69) is 28.9 Å². The fourth-order valence-corrected chi connectivity index (χ4v) is 3.08. The van der Waals surface area contributed by atoms with Crippen molar-refractivity contribution in [3.63, 3.8) is 0 Å². The summed E-state index contributed by atoms with van der Waals surface area (Å²) in [6.07, 6.45) is 3.69. The lowest BCUT2D eigenvalue weighted by molar-refractivity contribution is 0.395. The van der Waals surface area contributed by atoms with Crippen molar-refractivity contribution in [2.24, 2.45) is 5.92 Å². The van der Waals surface area contributed by atoms with Crippen LogP contribution in [0.4, 0.5) is 11.6 Å². The molecule has 1 atom stereocenters. The van der Waals surface area contributed by atoms with Crippen LogP contribution < -0.4 is 10.6 Å². The van der Waals surface area contributed by atoms with Gasteiger partial charge in [0.25, 0.3) is 0 Å². The normalized spacial score (nSPS) is 23.2. The summed E-state index contributed by atoms with van der Waals surface area (Å²) < 4.78 is 0. The largest absolute Gasteiger partial charge is 0.383 e. The van der Waals surface area contributed by atoms with Crippen LogP contribution in [0.3, 0.4) is 0 Å². The van der Waals surface area contributed by atoms with Gasteiger partial charge in [0.1, 0.15) is 17.5 Å². The van der Waals surface area contributed by atoms with Gasteiger partial charge in [0.05, 0.1) is 0 Å². The SMILES string of the molecule is Cc1c(N)nc(C2CC2)nc1N(C)CC1CCN(C)C1. The lowest BCUT2D eigenvalue weighted by Crippen LogP contribution is -2.29. The molecule has 5 heteroatoms. The van der Waals surface area contributed by atoms with E-state index < -0.39 is 0 Å². The summed E-state index contributed by atoms with van der Waals surface area (Å²) in [7, 11) is 4.32. The molecular weight excluding hydrogens is 250 g/mol. The topological polar surface area (TPSA) is 58.3 Å². The highest BCUT2D eigenvalue weighted by molar-refractivity contribution is 5.56. The average molecular weight is 275 g/mol. The predicted molar refractivity (Wildman–Crippen MR) is 82.0 cm³/mol. The van der Waals surface area contributed by atoms with Gasteiger partial charge in [-0.1, -0.05) is 0 Å². The van der Waals surface area contributed by atoms with E-state index in [0.717, 1.165) is 29.7 Å². The van der Waals surface area contributed by atoms with Crippen molar-refractivity contribution in [2.45, 2.75) is 32.1 Å². The Morgan fingerprint density at radius 3 is 2.65 bits per heavy atom. The molecule has 0 aromatic carbocycles. The van der Waals surface area contributed by atoms with Gasteiger partial charge in [-0.05, 0) is 45.7 Å². The summed E-state index contributed by atoms with van der Waals surface area (Å²) >= 11 is 0. The van der Waals surface area contributed by atoms with Crippen LogP contribution >= 0.6 is 0 Å². The number of hydrogen-bond acceptors (Lipinski definition) is 5. The van der Waals surface area contributed by atoms with Crippen LogP contribution in [0.15, 0.2) is 0 Å². The second-order valence-electron chi connectivity index (χ2n) is 6.49. The highest BCUT2D eigenvalue weighted by atomic mass is 15.2. The Morgan fingerprint density at radius 1 is 1.30 bits per heavy atom. The molecule has 1 saturated heterocycles. The quantitative estimate of drug-likeness (QED) is 0.905. The van der Waals surface area contributed by atoms with Crippen molar-refractivity contribution in [3.05, 3.63) is 11.4 Å². The van der Waals surface area contributed by atoms with Crippen LogP contribution in [0.25, 0.3) is 0 Å². The third kappa shape index (κ3) is 2.73. The predicted octanol–water partition coefficient (Wildman–Crippen LogP) is 1.63. The van der Waals surface area contributed by atoms with Gasteiger partial charge in [-0.15, -0.1) is 0 Å². The van der Waals surface area contributed by atoms with Gasteiger partial charge < -0.3 is 15.5 Å². The number of hydrogen-bond donors (Lipinski definition) is 1. The van der Waals surface area contributed by atoms with Gasteiger partial charge in [-0.2, -0.15) is 0 Å². The van der Waals surface area contributed by atoms with Crippen molar-refractivity contribution >= 4 is 11.6 Å². The molecule has 1 unspecified atom stereocenters. The van der Waals surface area contributed by atoms with Crippen molar-refractivity contribution in [1.82, 2.24) is 14.9 Å². The smallest absolute Gasteiger partial charge is 0.137 e. The van der Waals surface area contributed by atoms with Crippen molar-refractivity contribution in [3.8, 4) is 0 Å². The molecule has 1 aliphatic heterocycles. The van der Waals surface area contributed by atoms with E-state index in [9.17, 15) is 0 Å². The maximum Gasteiger partial charge on any atom is 0.137 e. The van der Waals surface area contributed by atoms with Crippen LogP contribution in [-0.4, -0.2) is 48.6 Å². The first-order valence-electron chi connectivity index (χ1n) is 7.58. The Kier molecular flexibility index (Phi) is 3.54. The number of anilines is 2. The van der Waals surface area contributed by atoms with Gasteiger partial charge >= 0.3 is 0 Å². The monoisotopic (exact) mass is 275 g/mol. The second kappa shape index (κ2) is 5.20. The minimum atomic E-state index is 0.544. The molecular formula is C15H25N5. The van der Waals surface area contributed by atoms with E-state index >= 15 is 0 Å². The molecule has 0 bridgehead atoms. The summed E-state index contributed by atoms with van der Waals surface area (Å²) in [6, 6.07) is 0. The first-order valence-corrected chi connectivity index (χ1v) is 7.58. The summed E-state index contributed by atoms with van der Waals surface area (Å²) in [5.74, 6) is 3.88. The molecule has 1 aromatic heterocycles. The number of likely N-dealkylation sites (tertiary alicyclic amines) is 1. The summed E-state index contributed by atoms with van der Waals surface area (Å²) in [5, 5.41) is 0. The second-order valence-corrected chi connectivity index (χ2v) is 6.49. The van der Waals surface area contributed by atoms with E-state index in [4.69, 9.17) is 10.7 Å². The third-order valence-corrected chi connectivity index (χ3v) is 4.50. The molecule has 110 valence electrons. The molecule has 1 aromatic rings. The lowest BCUT2D eigenvalue weighted by Gasteiger charge is -2.24. The lowest BCUT2D eigenvalue weighted by atomic mass is 10.1. The van der Waals surface area contributed by atoms with E-state index in [-0.39, 0.29) is 0 Å². The number of aromatic nitrogens is 2. The zero-order chi connectivity index (χ0) is 14.3. The molecule has 1 saturated carbocycles. The number of rotatable bonds is 4. The molecule has 0 amide bonds. The number of nitrogens with zero attached hydrogens (tertiary/aromatic N) is 4. The van der Waals surface area contributed by atoms with Crippen molar-refractivity contribution < 1.29 is 0 Å². The average Bonchev–Trinajstić information content (AvgIpc) is 3.17. The first-order chi connectivity index (χ1) is 9.54. The summed E-state index contributed by atoms with van der Waals surface area (Å²) in [6.45, 7) is 5.46. The highest BCUT2D eigenvalue weighted by Crippen LogP contribution is 2.39. The minimum absolute atomic E-state index is 0.544. The highest BCUT2D eigenvalue weighted by Gasteiger charge is 2.29. The standard InChI is InChI=1S/C15H25N5/c1-10-13(16)17-14(12-4-5-12)18-15(10)20(3)9-11-6-7-19(2)8-11/h11-12H,4-9H2,1-3H3,(H2,16,17,18). The molecule has 20 heavy (non-hydrogen) atoms. The Hall–Kier alpha value is -1.36. The van der Waals surface area contributed by atoms with Gasteiger partial charge in [0.15, 0.2) is 0 Å². The molecule has 2 N–H and O–H groups in total. The Balaban J connectivity index is 1.77. The van der Waals surface area contributed by atoms with E-state index in [1.807, 2.05) is 6.92 Å². The Morgan fingerprint density at radius 2 is 2.05 bits per heavy atom. The van der Waals surface area contributed by atoms with Gasteiger partial charge in [0, 0.05) is 31.6 Å². The summed E-state index contributed by atoms with van der Waals surface area (Å²) in [4.78, 5) is 13.9. The molecule has 0 radical (unpaired) electrons. The van der Waals surface area contributed by atoms with Gasteiger partial charge in [-0.3, -0.25) is 0 Å². The van der Waals surface area contributed by atoms with Crippen molar-refractivity contribution in [1.29, 1.82) is 0 Å². The van der Waals surface area contributed by atoms with E-state index in [1.165, 1.54) is 32.4 Å².